The number of likely N-dealkylation sites (tertiary alicyclic amines) is 1. The number of hydrogen-bond acceptors (Lipinski definition) is 6. The molecule has 2 aromatic carbocycles. The minimum atomic E-state index is -2.01. The number of carbonyl (C=O) groups is 1. The summed E-state index contributed by atoms with van der Waals surface area (Å²) >= 11 is 16.8. The lowest BCUT2D eigenvalue weighted by Crippen LogP contribution is -2.42. The lowest BCUT2D eigenvalue weighted by Gasteiger charge is -2.38. The number of carbonyl (C=O) groups excluding carboxylic acids is 1. The number of nitrogens with zero attached hydrogens (tertiary/aromatic N) is 1. The first-order valence-corrected chi connectivity index (χ1v) is 13.2. The second-order valence-electron chi connectivity index (χ2n) is 9.25. The van der Waals surface area contributed by atoms with Crippen molar-refractivity contribution in [3.05, 3.63) is 70.8 Å². The number of hydrogen-bond donors (Lipinski definition) is 3. The van der Waals surface area contributed by atoms with E-state index in [1.807, 2.05) is 48.5 Å². The van der Waals surface area contributed by atoms with Crippen LogP contribution in [0.5, 0.6) is 0 Å². The molecule has 196 valence electrons. The van der Waals surface area contributed by atoms with Gasteiger partial charge in [0.1, 0.15) is 0 Å². The second kappa shape index (κ2) is 12.4. The van der Waals surface area contributed by atoms with Crippen LogP contribution in [-0.2, 0) is 27.4 Å². The Kier molecular flexibility index (Phi) is 9.52. The molecule has 2 fully saturated rings. The molecular weight excluding hydrogens is 527 g/mol. The zero-order valence-corrected chi connectivity index (χ0v) is 22.1. The number of benzene rings is 2. The standard InChI is InChI=1S/C26H31Cl3N2O5/c27-26(28,29)25(34)30-13-17-3-9-20(10-4-17)24-35-22(14-31-11-1-2-21(31)16-33)12-23(36-24)19-7-5-18(15-32)6-8-19/h3-10,21-24,32-33H,1-2,11-16H2,(H,30,34)/t21-,22-,23+,24+/m0/s1. The zero-order chi connectivity index (χ0) is 25.7. The SMILES string of the molecule is O=C(NCc1ccc([C@@H]2O[C@H](CN3CCC[C@H]3CO)C[C@H](c3ccc(CO)cc3)O2)cc1)C(Cl)(Cl)Cl. The molecule has 2 heterocycles. The number of ether oxygens (including phenoxy) is 2. The zero-order valence-electron chi connectivity index (χ0n) is 19.8. The highest BCUT2D eigenvalue weighted by Gasteiger charge is 2.35. The average Bonchev–Trinajstić information content (AvgIpc) is 3.33. The summed E-state index contributed by atoms with van der Waals surface area (Å²) in [4.78, 5) is 14.1. The van der Waals surface area contributed by atoms with Crippen LogP contribution in [0.2, 0.25) is 0 Å². The van der Waals surface area contributed by atoms with Crippen molar-refractivity contribution in [3.63, 3.8) is 0 Å². The largest absolute Gasteiger partial charge is 0.395 e. The monoisotopic (exact) mass is 556 g/mol. The predicted molar refractivity (Wildman–Crippen MR) is 139 cm³/mol. The Bertz CT molecular complexity index is 1000. The number of halogens is 3. The van der Waals surface area contributed by atoms with E-state index in [-0.39, 0.29) is 38.0 Å². The molecule has 2 aromatic rings. The topological polar surface area (TPSA) is 91.3 Å². The van der Waals surface area contributed by atoms with E-state index in [4.69, 9.17) is 44.3 Å². The molecule has 4 atom stereocenters. The molecule has 2 aliphatic rings. The van der Waals surface area contributed by atoms with Crippen LogP contribution >= 0.6 is 34.8 Å². The summed E-state index contributed by atoms with van der Waals surface area (Å²) in [6.45, 7) is 2.03. The quantitative estimate of drug-likeness (QED) is 0.422. The van der Waals surface area contributed by atoms with Gasteiger partial charge in [0.05, 0.1) is 25.4 Å². The van der Waals surface area contributed by atoms with E-state index < -0.39 is 16.0 Å². The summed E-state index contributed by atoms with van der Waals surface area (Å²) in [6, 6.07) is 15.5. The number of aliphatic hydroxyl groups is 2. The highest BCUT2D eigenvalue weighted by atomic mass is 35.6. The maximum absolute atomic E-state index is 11.8. The minimum absolute atomic E-state index is 0.00780. The molecule has 0 aromatic heterocycles. The number of aliphatic hydroxyl groups excluding tert-OH is 2. The first kappa shape index (κ1) is 27.6. The van der Waals surface area contributed by atoms with Crippen molar-refractivity contribution in [2.75, 3.05) is 19.7 Å². The first-order valence-electron chi connectivity index (χ1n) is 12.1. The summed E-state index contributed by atoms with van der Waals surface area (Å²) < 4.78 is 10.8. The van der Waals surface area contributed by atoms with Crippen molar-refractivity contribution in [2.24, 2.45) is 0 Å². The van der Waals surface area contributed by atoms with Gasteiger partial charge in [-0.05, 0) is 36.1 Å². The van der Waals surface area contributed by atoms with E-state index in [9.17, 15) is 15.0 Å². The molecule has 0 unspecified atom stereocenters. The molecule has 0 bridgehead atoms. The van der Waals surface area contributed by atoms with Crippen molar-refractivity contribution in [3.8, 4) is 0 Å². The van der Waals surface area contributed by atoms with Crippen LogP contribution in [0.15, 0.2) is 48.5 Å². The maximum Gasteiger partial charge on any atom is 0.272 e. The normalized spacial score (nSPS) is 25.1. The predicted octanol–water partition coefficient (Wildman–Crippen LogP) is 4.17. The van der Waals surface area contributed by atoms with E-state index in [2.05, 4.69) is 10.2 Å². The van der Waals surface area contributed by atoms with Gasteiger partial charge in [0.2, 0.25) is 0 Å². The highest BCUT2D eigenvalue weighted by molar-refractivity contribution is 6.76. The molecule has 0 saturated carbocycles. The van der Waals surface area contributed by atoms with Crippen LogP contribution < -0.4 is 5.32 Å². The minimum Gasteiger partial charge on any atom is -0.395 e. The summed E-state index contributed by atoms with van der Waals surface area (Å²) in [5.41, 5.74) is 3.57. The molecule has 1 amide bonds. The van der Waals surface area contributed by atoms with Gasteiger partial charge in [-0.1, -0.05) is 83.3 Å². The van der Waals surface area contributed by atoms with E-state index in [0.29, 0.717) is 6.42 Å². The van der Waals surface area contributed by atoms with Gasteiger partial charge in [-0.2, -0.15) is 0 Å². The molecule has 4 rings (SSSR count). The Morgan fingerprint density at radius 1 is 1.00 bits per heavy atom. The van der Waals surface area contributed by atoms with Gasteiger partial charge in [0.25, 0.3) is 9.70 Å². The fourth-order valence-corrected chi connectivity index (χ4v) is 4.91. The smallest absolute Gasteiger partial charge is 0.272 e. The Hall–Kier alpha value is -1.42. The molecule has 2 aliphatic heterocycles. The molecule has 2 saturated heterocycles. The van der Waals surface area contributed by atoms with Gasteiger partial charge in [0.15, 0.2) is 6.29 Å². The van der Waals surface area contributed by atoms with Crippen molar-refractivity contribution in [1.82, 2.24) is 10.2 Å². The summed E-state index contributed by atoms with van der Waals surface area (Å²) in [5, 5.41) is 21.7. The molecule has 3 N–H and O–H groups in total. The Balaban J connectivity index is 1.48. The summed E-state index contributed by atoms with van der Waals surface area (Å²) in [6.07, 6.45) is 1.91. The average molecular weight is 558 g/mol. The number of alkyl halides is 3. The van der Waals surface area contributed by atoms with Crippen molar-refractivity contribution in [2.45, 2.75) is 60.7 Å². The fourth-order valence-electron chi connectivity index (χ4n) is 4.71. The van der Waals surface area contributed by atoms with Crippen LogP contribution in [0.25, 0.3) is 0 Å². The second-order valence-corrected chi connectivity index (χ2v) is 11.5. The third-order valence-corrected chi connectivity index (χ3v) is 7.24. The molecule has 0 radical (unpaired) electrons. The molecule has 36 heavy (non-hydrogen) atoms. The number of nitrogens with one attached hydrogen (secondary N) is 1. The van der Waals surface area contributed by atoms with Gasteiger partial charge in [-0.15, -0.1) is 0 Å². The van der Waals surface area contributed by atoms with E-state index in [0.717, 1.165) is 48.2 Å². The van der Waals surface area contributed by atoms with Gasteiger partial charge in [-0.3, -0.25) is 9.69 Å². The summed E-state index contributed by atoms with van der Waals surface area (Å²) in [7, 11) is 0. The van der Waals surface area contributed by atoms with Crippen LogP contribution in [0.1, 0.15) is 53.9 Å². The molecular formula is C26H31Cl3N2O5. The van der Waals surface area contributed by atoms with Crippen molar-refractivity contribution in [1.29, 1.82) is 0 Å². The van der Waals surface area contributed by atoms with Gasteiger partial charge in [0, 0.05) is 31.1 Å². The molecule has 10 heteroatoms. The van der Waals surface area contributed by atoms with Crippen molar-refractivity contribution < 1.29 is 24.5 Å². The molecule has 0 spiro atoms. The van der Waals surface area contributed by atoms with Crippen LogP contribution in [0, 0.1) is 0 Å². The van der Waals surface area contributed by atoms with E-state index >= 15 is 0 Å². The van der Waals surface area contributed by atoms with Gasteiger partial charge >= 0.3 is 0 Å². The first-order chi connectivity index (χ1) is 17.3. The fraction of sp³-hybridized carbons (Fsp3) is 0.500. The third kappa shape index (κ3) is 7.11. The number of rotatable bonds is 8. The lowest BCUT2D eigenvalue weighted by molar-refractivity contribution is -0.253. The Morgan fingerprint density at radius 2 is 1.67 bits per heavy atom. The molecule has 0 aliphatic carbocycles. The van der Waals surface area contributed by atoms with Gasteiger partial charge < -0.3 is 25.0 Å². The highest BCUT2D eigenvalue weighted by Crippen LogP contribution is 2.38. The Morgan fingerprint density at radius 3 is 2.31 bits per heavy atom. The maximum atomic E-state index is 11.8. The van der Waals surface area contributed by atoms with Crippen molar-refractivity contribution >= 4 is 40.7 Å². The lowest BCUT2D eigenvalue weighted by atomic mass is 9.99. The van der Waals surface area contributed by atoms with Crippen LogP contribution in [0.4, 0.5) is 0 Å². The summed E-state index contributed by atoms with van der Waals surface area (Å²) in [5.74, 6) is -0.684. The number of amides is 1. The Labute approximate surface area is 226 Å². The van der Waals surface area contributed by atoms with Gasteiger partial charge in [-0.25, -0.2) is 0 Å². The molecule has 7 nitrogen and oxygen atoms in total. The van der Waals surface area contributed by atoms with E-state index in [1.54, 1.807) is 0 Å². The van der Waals surface area contributed by atoms with Crippen LogP contribution in [-0.4, -0.2) is 56.7 Å². The third-order valence-electron chi connectivity index (χ3n) is 6.73. The van der Waals surface area contributed by atoms with Crippen LogP contribution in [0.3, 0.4) is 0 Å². The van der Waals surface area contributed by atoms with E-state index in [1.165, 1.54) is 0 Å².